The van der Waals surface area contributed by atoms with Gasteiger partial charge >= 0.3 is 0 Å². The first-order chi connectivity index (χ1) is 11.3. The Bertz CT molecular complexity index is 761. The summed E-state index contributed by atoms with van der Waals surface area (Å²) >= 11 is 0. The molecule has 2 heterocycles. The highest BCUT2D eigenvalue weighted by Gasteiger charge is 2.15. The number of aromatic amines is 1. The first-order valence-electron chi connectivity index (χ1n) is 6.94. The van der Waals surface area contributed by atoms with Gasteiger partial charge in [-0.25, -0.2) is 0 Å². The van der Waals surface area contributed by atoms with Crippen molar-refractivity contribution < 1.29 is 9.47 Å². The number of rotatable bonds is 6. The highest BCUT2D eigenvalue weighted by molar-refractivity contribution is 5.77. The van der Waals surface area contributed by atoms with E-state index in [0.717, 1.165) is 16.8 Å². The molecule has 0 fully saturated rings. The summed E-state index contributed by atoms with van der Waals surface area (Å²) in [5.74, 6) is 1.69. The molecule has 3 aromatic rings. The number of hydrogen-bond acceptors (Lipinski definition) is 7. The number of methoxy groups -OCH3 is 2. The number of hydrogen-bond donors (Lipinski definition) is 2. The largest absolute Gasteiger partial charge is 0.493 e. The van der Waals surface area contributed by atoms with Gasteiger partial charge in [0.05, 0.1) is 19.8 Å². The van der Waals surface area contributed by atoms with Crippen LogP contribution in [0.5, 0.6) is 11.5 Å². The third kappa shape index (κ3) is 3.20. The summed E-state index contributed by atoms with van der Waals surface area (Å²) in [7, 11) is 3.18. The predicted molar refractivity (Wildman–Crippen MR) is 84.3 cm³/mol. The maximum atomic E-state index is 5.36. The van der Waals surface area contributed by atoms with Crippen molar-refractivity contribution in [3.8, 4) is 22.9 Å². The van der Waals surface area contributed by atoms with Gasteiger partial charge in [0.15, 0.2) is 11.5 Å². The zero-order valence-corrected chi connectivity index (χ0v) is 12.8. The number of H-pyrrole nitrogens is 1. The molecule has 0 spiro atoms. The normalized spacial score (nSPS) is 10.3. The Labute approximate surface area is 132 Å². The van der Waals surface area contributed by atoms with Crippen molar-refractivity contribution in [3.63, 3.8) is 0 Å². The average Bonchev–Trinajstić information content (AvgIpc) is 3.14. The Morgan fingerprint density at radius 2 is 2.00 bits per heavy atom. The van der Waals surface area contributed by atoms with E-state index in [-0.39, 0.29) is 0 Å². The van der Waals surface area contributed by atoms with Crippen molar-refractivity contribution >= 4 is 5.69 Å². The van der Waals surface area contributed by atoms with Crippen molar-refractivity contribution in [1.82, 2.24) is 25.6 Å². The highest BCUT2D eigenvalue weighted by atomic mass is 16.5. The molecule has 0 bridgehead atoms. The molecule has 8 nitrogen and oxygen atoms in total. The van der Waals surface area contributed by atoms with E-state index >= 15 is 0 Å². The summed E-state index contributed by atoms with van der Waals surface area (Å²) in [6.45, 7) is 0.605. The quantitative estimate of drug-likeness (QED) is 0.717. The van der Waals surface area contributed by atoms with Crippen LogP contribution in [0.2, 0.25) is 0 Å². The molecule has 3 rings (SSSR count). The molecule has 23 heavy (non-hydrogen) atoms. The van der Waals surface area contributed by atoms with Gasteiger partial charge in [-0.3, -0.25) is 4.98 Å². The lowest BCUT2D eigenvalue weighted by molar-refractivity contribution is 0.355. The minimum Gasteiger partial charge on any atom is -0.493 e. The summed E-state index contributed by atoms with van der Waals surface area (Å²) in [6, 6.07) is 7.55. The molecule has 1 aromatic carbocycles. The highest BCUT2D eigenvalue weighted by Crippen LogP contribution is 2.37. The monoisotopic (exact) mass is 312 g/mol. The van der Waals surface area contributed by atoms with Crippen LogP contribution in [0.15, 0.2) is 36.7 Å². The van der Waals surface area contributed by atoms with Crippen LogP contribution >= 0.6 is 0 Å². The molecule has 0 unspecified atom stereocenters. The van der Waals surface area contributed by atoms with Gasteiger partial charge in [0.2, 0.25) is 5.82 Å². The van der Waals surface area contributed by atoms with Gasteiger partial charge in [0.1, 0.15) is 0 Å². The summed E-state index contributed by atoms with van der Waals surface area (Å²) in [5.41, 5.74) is 2.63. The van der Waals surface area contributed by atoms with E-state index in [2.05, 4.69) is 30.9 Å². The third-order valence-corrected chi connectivity index (χ3v) is 3.32. The van der Waals surface area contributed by atoms with Crippen LogP contribution in [-0.4, -0.2) is 39.8 Å². The van der Waals surface area contributed by atoms with Crippen LogP contribution in [0.3, 0.4) is 0 Å². The zero-order chi connectivity index (χ0) is 16.1. The van der Waals surface area contributed by atoms with Crippen LogP contribution < -0.4 is 14.8 Å². The molecular weight excluding hydrogens is 296 g/mol. The average molecular weight is 312 g/mol. The van der Waals surface area contributed by atoms with Crippen molar-refractivity contribution in [3.05, 3.63) is 42.2 Å². The molecule has 0 saturated carbocycles. The van der Waals surface area contributed by atoms with Crippen molar-refractivity contribution in [2.24, 2.45) is 0 Å². The standard InChI is InChI=1S/C15H16N6O2/c1-22-13-6-11(15-18-20-21-19-15)12(7-14(13)23-2)17-9-10-4-3-5-16-8-10/h3-8,17H,9H2,1-2H3,(H,18,19,20,21). The Hall–Kier alpha value is -3.16. The van der Waals surface area contributed by atoms with E-state index < -0.39 is 0 Å². The Balaban J connectivity index is 1.96. The lowest BCUT2D eigenvalue weighted by atomic mass is 10.1. The minimum atomic E-state index is 0.472. The fourth-order valence-electron chi connectivity index (χ4n) is 2.19. The zero-order valence-electron chi connectivity index (χ0n) is 12.8. The van der Waals surface area contributed by atoms with Crippen LogP contribution in [0.4, 0.5) is 5.69 Å². The number of nitrogens with zero attached hydrogens (tertiary/aromatic N) is 4. The van der Waals surface area contributed by atoms with Crippen molar-refractivity contribution in [2.75, 3.05) is 19.5 Å². The molecule has 0 radical (unpaired) electrons. The lowest BCUT2D eigenvalue weighted by Crippen LogP contribution is -2.03. The molecule has 0 saturated heterocycles. The molecule has 0 atom stereocenters. The Kier molecular flexibility index (Phi) is 4.32. The SMILES string of the molecule is COc1cc(NCc2cccnc2)c(-c2nn[nH]n2)cc1OC. The Morgan fingerprint density at radius 1 is 1.17 bits per heavy atom. The minimum absolute atomic E-state index is 0.472. The second-order valence-electron chi connectivity index (χ2n) is 4.70. The second-order valence-corrected chi connectivity index (χ2v) is 4.70. The summed E-state index contributed by atoms with van der Waals surface area (Å²) in [5, 5.41) is 17.5. The van der Waals surface area contributed by atoms with Gasteiger partial charge in [0, 0.05) is 30.7 Å². The maximum Gasteiger partial charge on any atom is 0.206 e. The molecule has 2 N–H and O–H groups in total. The summed E-state index contributed by atoms with van der Waals surface area (Å²) in [6.07, 6.45) is 3.55. The summed E-state index contributed by atoms with van der Waals surface area (Å²) in [4.78, 5) is 4.11. The van der Waals surface area contributed by atoms with Crippen LogP contribution in [0.1, 0.15) is 5.56 Å². The van der Waals surface area contributed by atoms with Crippen LogP contribution in [0.25, 0.3) is 11.4 Å². The number of ether oxygens (including phenoxy) is 2. The van der Waals surface area contributed by atoms with E-state index in [9.17, 15) is 0 Å². The molecular formula is C15H16N6O2. The van der Waals surface area contributed by atoms with Gasteiger partial charge < -0.3 is 14.8 Å². The number of anilines is 1. The maximum absolute atomic E-state index is 5.36. The first kappa shape index (κ1) is 14.8. The molecule has 0 amide bonds. The fraction of sp³-hybridized carbons (Fsp3) is 0.200. The smallest absolute Gasteiger partial charge is 0.206 e. The predicted octanol–water partition coefficient (Wildman–Crippen LogP) is 1.89. The molecule has 118 valence electrons. The number of nitrogens with one attached hydrogen (secondary N) is 2. The fourth-order valence-corrected chi connectivity index (χ4v) is 2.19. The van der Waals surface area contributed by atoms with Gasteiger partial charge in [0.25, 0.3) is 0 Å². The second kappa shape index (κ2) is 6.73. The molecule has 8 heteroatoms. The first-order valence-corrected chi connectivity index (χ1v) is 6.94. The van der Waals surface area contributed by atoms with E-state index in [1.54, 1.807) is 20.4 Å². The number of aromatic nitrogens is 5. The number of tetrazole rings is 1. The van der Waals surface area contributed by atoms with Gasteiger partial charge in [-0.1, -0.05) is 6.07 Å². The van der Waals surface area contributed by atoms with Gasteiger partial charge in [-0.15, -0.1) is 10.2 Å². The topological polar surface area (TPSA) is 97.8 Å². The van der Waals surface area contributed by atoms with Crippen LogP contribution in [0, 0.1) is 0 Å². The molecule has 0 aliphatic rings. The number of pyridine rings is 1. The molecule has 0 aliphatic heterocycles. The van der Waals surface area contributed by atoms with E-state index in [0.29, 0.717) is 23.9 Å². The number of benzene rings is 1. The molecule has 2 aromatic heterocycles. The Morgan fingerprint density at radius 3 is 2.65 bits per heavy atom. The van der Waals surface area contributed by atoms with Crippen LogP contribution in [-0.2, 0) is 6.54 Å². The van der Waals surface area contributed by atoms with Crippen molar-refractivity contribution in [2.45, 2.75) is 6.54 Å². The lowest BCUT2D eigenvalue weighted by Gasteiger charge is -2.14. The summed E-state index contributed by atoms with van der Waals surface area (Å²) < 4.78 is 10.7. The van der Waals surface area contributed by atoms with E-state index in [4.69, 9.17) is 9.47 Å². The van der Waals surface area contributed by atoms with Gasteiger partial charge in [-0.05, 0) is 22.9 Å². The van der Waals surface area contributed by atoms with Crippen molar-refractivity contribution in [1.29, 1.82) is 0 Å². The van der Waals surface area contributed by atoms with Gasteiger partial charge in [-0.2, -0.15) is 5.21 Å². The van der Waals surface area contributed by atoms with E-state index in [1.807, 2.05) is 30.5 Å². The van der Waals surface area contributed by atoms with E-state index in [1.165, 1.54) is 0 Å². The third-order valence-electron chi connectivity index (χ3n) is 3.32. The molecule has 0 aliphatic carbocycles.